The van der Waals surface area contributed by atoms with E-state index < -0.39 is 23.7 Å². The van der Waals surface area contributed by atoms with Gasteiger partial charge < -0.3 is 14.8 Å². The molecular formula is C35H61NO4. The van der Waals surface area contributed by atoms with Crippen LogP contribution in [0, 0.1) is 0 Å². The number of benzene rings is 1. The molecule has 0 fully saturated rings. The SMILES string of the molecule is CCCCCCCCCCCCCCCCCCCCCOC(=O)[C@H](Cc1ccccc1)NC(=O)OC(C)(C)C. The highest BCUT2D eigenvalue weighted by Gasteiger charge is 2.25. The van der Waals surface area contributed by atoms with Crippen molar-refractivity contribution >= 4 is 12.1 Å². The van der Waals surface area contributed by atoms with Crippen LogP contribution in [0.4, 0.5) is 4.79 Å². The Balaban J connectivity index is 2.04. The van der Waals surface area contributed by atoms with E-state index in [0.717, 1.165) is 18.4 Å². The minimum Gasteiger partial charge on any atom is -0.464 e. The van der Waals surface area contributed by atoms with Crippen molar-refractivity contribution in [2.45, 2.75) is 168 Å². The maximum absolute atomic E-state index is 12.7. The molecule has 0 aliphatic rings. The van der Waals surface area contributed by atoms with Gasteiger partial charge in [-0.15, -0.1) is 0 Å². The molecule has 1 amide bonds. The first kappa shape index (κ1) is 36.0. The standard InChI is InChI=1S/C35H61NO4/c1-5-6-7-8-9-10-11-12-13-14-15-16-17-18-19-20-21-22-26-29-39-33(37)32(30-31-27-24-23-25-28-31)36-34(38)40-35(2,3)4/h23-25,27-28,32H,5-22,26,29-30H2,1-4H3,(H,36,38)/t32-/m0/s1. The molecule has 0 aromatic heterocycles. The van der Waals surface area contributed by atoms with Gasteiger partial charge in [0.1, 0.15) is 11.6 Å². The average molecular weight is 560 g/mol. The predicted octanol–water partition coefficient (Wildman–Crippen LogP) is 10.1. The van der Waals surface area contributed by atoms with Gasteiger partial charge in [-0.3, -0.25) is 0 Å². The van der Waals surface area contributed by atoms with Crippen LogP contribution >= 0.6 is 0 Å². The molecule has 5 nitrogen and oxygen atoms in total. The minimum absolute atomic E-state index is 0.373. The maximum Gasteiger partial charge on any atom is 0.408 e. The summed E-state index contributed by atoms with van der Waals surface area (Å²) in [6, 6.07) is 8.88. The number of rotatable bonds is 24. The number of ether oxygens (including phenoxy) is 2. The Morgan fingerprint density at radius 3 is 1.52 bits per heavy atom. The number of hydrogen-bond donors (Lipinski definition) is 1. The van der Waals surface area contributed by atoms with Crippen LogP contribution in [0.25, 0.3) is 0 Å². The first-order valence-corrected chi connectivity index (χ1v) is 16.5. The van der Waals surface area contributed by atoms with Crippen LogP contribution in [0.2, 0.25) is 0 Å². The Kier molecular flexibility index (Phi) is 21.3. The third-order valence-electron chi connectivity index (χ3n) is 7.25. The lowest BCUT2D eigenvalue weighted by Crippen LogP contribution is -2.45. The van der Waals surface area contributed by atoms with E-state index in [9.17, 15) is 9.59 Å². The highest BCUT2D eigenvalue weighted by atomic mass is 16.6. The van der Waals surface area contributed by atoms with Gasteiger partial charge in [0.25, 0.3) is 0 Å². The molecule has 0 radical (unpaired) electrons. The summed E-state index contributed by atoms with van der Waals surface area (Å²) >= 11 is 0. The number of carbonyl (C=O) groups excluding carboxylic acids is 2. The second-order valence-corrected chi connectivity index (χ2v) is 12.4. The van der Waals surface area contributed by atoms with E-state index in [1.807, 2.05) is 30.3 Å². The number of alkyl carbamates (subject to hydrolysis) is 1. The Morgan fingerprint density at radius 1 is 0.675 bits per heavy atom. The molecule has 0 spiro atoms. The fourth-order valence-electron chi connectivity index (χ4n) is 4.95. The molecular weight excluding hydrogens is 498 g/mol. The molecule has 1 N–H and O–H groups in total. The van der Waals surface area contributed by atoms with E-state index in [1.165, 1.54) is 109 Å². The second kappa shape index (κ2) is 23.6. The summed E-state index contributed by atoms with van der Waals surface area (Å²) in [7, 11) is 0. The third-order valence-corrected chi connectivity index (χ3v) is 7.25. The van der Waals surface area contributed by atoms with Crippen molar-refractivity contribution in [3.8, 4) is 0 Å². The summed E-state index contributed by atoms with van der Waals surface area (Å²) in [5.41, 5.74) is 0.335. The monoisotopic (exact) mass is 559 g/mol. The number of esters is 1. The van der Waals surface area contributed by atoms with E-state index in [0.29, 0.717) is 13.0 Å². The van der Waals surface area contributed by atoms with Crippen molar-refractivity contribution in [3.05, 3.63) is 35.9 Å². The minimum atomic E-state index is -0.766. The smallest absolute Gasteiger partial charge is 0.408 e. The van der Waals surface area contributed by atoms with Crippen molar-refractivity contribution in [3.63, 3.8) is 0 Å². The summed E-state index contributed by atoms with van der Waals surface area (Å²) in [4.78, 5) is 25.0. The van der Waals surface area contributed by atoms with Gasteiger partial charge in [0.15, 0.2) is 0 Å². The largest absolute Gasteiger partial charge is 0.464 e. The average Bonchev–Trinajstić information content (AvgIpc) is 2.91. The number of hydrogen-bond acceptors (Lipinski definition) is 4. The predicted molar refractivity (Wildman–Crippen MR) is 168 cm³/mol. The lowest BCUT2D eigenvalue weighted by atomic mass is 10.0. The number of amides is 1. The van der Waals surface area contributed by atoms with Crippen LogP contribution in [-0.2, 0) is 20.7 Å². The quantitative estimate of drug-likeness (QED) is 0.101. The molecule has 0 bridgehead atoms. The maximum atomic E-state index is 12.7. The lowest BCUT2D eigenvalue weighted by molar-refractivity contribution is -0.146. The van der Waals surface area contributed by atoms with Crippen molar-refractivity contribution in [2.24, 2.45) is 0 Å². The molecule has 0 aliphatic carbocycles. The topological polar surface area (TPSA) is 64.6 Å². The van der Waals surface area contributed by atoms with Gasteiger partial charge in [-0.05, 0) is 32.8 Å². The molecule has 40 heavy (non-hydrogen) atoms. The number of unbranched alkanes of at least 4 members (excludes halogenated alkanes) is 18. The van der Waals surface area contributed by atoms with E-state index in [2.05, 4.69) is 12.2 Å². The summed E-state index contributed by atoms with van der Waals surface area (Å²) in [6.07, 6.45) is 25.1. The molecule has 230 valence electrons. The molecule has 0 saturated carbocycles. The van der Waals surface area contributed by atoms with Crippen LogP contribution in [0.3, 0.4) is 0 Å². The van der Waals surface area contributed by atoms with E-state index in [1.54, 1.807) is 20.8 Å². The summed E-state index contributed by atoms with van der Waals surface area (Å²) in [6.45, 7) is 8.08. The van der Waals surface area contributed by atoms with Crippen LogP contribution < -0.4 is 5.32 Å². The van der Waals surface area contributed by atoms with Crippen LogP contribution in [0.1, 0.15) is 155 Å². The Hall–Kier alpha value is -2.04. The Morgan fingerprint density at radius 2 is 1.10 bits per heavy atom. The molecule has 0 unspecified atom stereocenters. The van der Waals surface area contributed by atoms with E-state index >= 15 is 0 Å². The zero-order valence-electron chi connectivity index (χ0n) is 26.4. The second-order valence-electron chi connectivity index (χ2n) is 12.4. The van der Waals surface area contributed by atoms with Gasteiger partial charge in [-0.2, -0.15) is 0 Å². The van der Waals surface area contributed by atoms with E-state index in [-0.39, 0.29) is 0 Å². The third kappa shape index (κ3) is 21.7. The van der Waals surface area contributed by atoms with Crippen molar-refractivity contribution in [2.75, 3.05) is 6.61 Å². The van der Waals surface area contributed by atoms with Crippen LogP contribution in [0.5, 0.6) is 0 Å². The number of carbonyl (C=O) groups is 2. The molecule has 0 aliphatic heterocycles. The zero-order valence-corrected chi connectivity index (χ0v) is 26.4. The Bertz CT molecular complexity index is 744. The van der Waals surface area contributed by atoms with Crippen LogP contribution in [0.15, 0.2) is 30.3 Å². The molecule has 0 heterocycles. The van der Waals surface area contributed by atoms with Gasteiger partial charge >= 0.3 is 12.1 Å². The molecule has 0 saturated heterocycles. The Labute approximate surface area is 246 Å². The first-order chi connectivity index (χ1) is 19.3. The van der Waals surface area contributed by atoms with Gasteiger partial charge in [0.2, 0.25) is 0 Å². The molecule has 1 aromatic carbocycles. The molecule has 1 atom stereocenters. The molecule has 1 aromatic rings. The molecule has 1 rings (SSSR count). The van der Waals surface area contributed by atoms with E-state index in [4.69, 9.17) is 9.47 Å². The van der Waals surface area contributed by atoms with Gasteiger partial charge in [-0.25, -0.2) is 9.59 Å². The normalized spacial score (nSPS) is 12.2. The number of nitrogens with one attached hydrogen (secondary N) is 1. The fraction of sp³-hybridized carbons (Fsp3) is 0.771. The van der Waals surface area contributed by atoms with Crippen molar-refractivity contribution in [1.82, 2.24) is 5.32 Å². The summed E-state index contributed by atoms with van der Waals surface area (Å²) in [5.74, 6) is -0.405. The lowest BCUT2D eigenvalue weighted by Gasteiger charge is -2.23. The molecule has 5 heteroatoms. The van der Waals surface area contributed by atoms with Crippen molar-refractivity contribution in [1.29, 1.82) is 0 Å². The van der Waals surface area contributed by atoms with Gasteiger partial charge in [0, 0.05) is 6.42 Å². The van der Waals surface area contributed by atoms with Gasteiger partial charge in [0.05, 0.1) is 6.61 Å². The zero-order chi connectivity index (χ0) is 29.3. The first-order valence-electron chi connectivity index (χ1n) is 16.5. The van der Waals surface area contributed by atoms with Crippen LogP contribution in [-0.4, -0.2) is 30.3 Å². The van der Waals surface area contributed by atoms with Crippen molar-refractivity contribution < 1.29 is 19.1 Å². The highest BCUT2D eigenvalue weighted by Crippen LogP contribution is 2.15. The van der Waals surface area contributed by atoms with Gasteiger partial charge in [-0.1, -0.05) is 153 Å². The fourth-order valence-corrected chi connectivity index (χ4v) is 4.95. The summed E-state index contributed by atoms with van der Waals surface area (Å²) in [5, 5.41) is 2.70. The summed E-state index contributed by atoms with van der Waals surface area (Å²) < 4.78 is 10.9. The highest BCUT2D eigenvalue weighted by molar-refractivity contribution is 5.81.